The molecule has 0 spiro atoms. The van der Waals surface area contributed by atoms with Crippen molar-refractivity contribution in [2.45, 2.75) is 46.0 Å². The van der Waals surface area contributed by atoms with Crippen molar-refractivity contribution in [3.63, 3.8) is 0 Å². The average Bonchev–Trinajstić information content (AvgIpc) is 3.34. The number of nitrogens with zero attached hydrogens (tertiary/aromatic N) is 3. The number of carboxylic acids is 1. The van der Waals surface area contributed by atoms with Gasteiger partial charge in [-0.15, -0.1) is 0 Å². The van der Waals surface area contributed by atoms with Gasteiger partial charge < -0.3 is 10.0 Å². The molecule has 1 amide bonds. The summed E-state index contributed by atoms with van der Waals surface area (Å²) in [4.78, 5) is 25.7. The van der Waals surface area contributed by atoms with Crippen LogP contribution in [0, 0.1) is 25.7 Å². The molecule has 1 aliphatic heterocycles. The van der Waals surface area contributed by atoms with Crippen LogP contribution in [-0.4, -0.2) is 44.8 Å². The number of likely N-dealkylation sites (tertiary alicyclic amines) is 1. The van der Waals surface area contributed by atoms with Crippen LogP contribution in [0.4, 0.5) is 0 Å². The standard InChI is InChI=1S/C22H27N3O3/c1-14-20(10-11-21(26)27)15(2)25(23-14)19-8-6-16(7-9-19)22(28)24-12-17-4-3-5-18(17)13-24/h6-9,17-18H,3-5,10-13H2,1-2H3,(H,26,27). The molecule has 6 nitrogen and oxygen atoms in total. The first-order chi connectivity index (χ1) is 13.4. The molecule has 1 N–H and O–H groups in total. The van der Waals surface area contributed by atoms with Gasteiger partial charge in [-0.3, -0.25) is 9.59 Å². The Morgan fingerprint density at radius 1 is 1.11 bits per heavy atom. The Morgan fingerprint density at radius 3 is 2.36 bits per heavy atom. The minimum absolute atomic E-state index is 0.0959. The number of hydrogen-bond acceptors (Lipinski definition) is 3. The van der Waals surface area contributed by atoms with Crippen molar-refractivity contribution in [1.82, 2.24) is 14.7 Å². The molecule has 1 aliphatic carbocycles. The summed E-state index contributed by atoms with van der Waals surface area (Å²) in [5.41, 5.74) is 4.38. The molecule has 2 heterocycles. The van der Waals surface area contributed by atoms with E-state index in [1.165, 1.54) is 19.3 Å². The van der Waals surface area contributed by atoms with E-state index in [2.05, 4.69) is 5.10 Å². The van der Waals surface area contributed by atoms with Gasteiger partial charge in [-0.1, -0.05) is 6.42 Å². The van der Waals surface area contributed by atoms with Crippen molar-refractivity contribution >= 4 is 11.9 Å². The van der Waals surface area contributed by atoms with Crippen molar-refractivity contribution in [3.05, 3.63) is 46.8 Å². The number of carbonyl (C=O) groups excluding carboxylic acids is 1. The molecule has 0 bridgehead atoms. The SMILES string of the molecule is Cc1nn(-c2ccc(C(=O)N3CC4CCCC4C3)cc2)c(C)c1CCC(=O)O. The maximum atomic E-state index is 12.8. The van der Waals surface area contributed by atoms with Crippen LogP contribution in [0.5, 0.6) is 0 Å². The molecule has 1 aromatic carbocycles. The summed E-state index contributed by atoms with van der Waals surface area (Å²) < 4.78 is 1.83. The lowest BCUT2D eigenvalue weighted by Gasteiger charge is -2.17. The van der Waals surface area contributed by atoms with Gasteiger partial charge in [0.05, 0.1) is 11.4 Å². The quantitative estimate of drug-likeness (QED) is 0.861. The van der Waals surface area contributed by atoms with E-state index in [0.717, 1.165) is 41.3 Å². The van der Waals surface area contributed by atoms with Crippen LogP contribution in [0.3, 0.4) is 0 Å². The van der Waals surface area contributed by atoms with Crippen LogP contribution >= 0.6 is 0 Å². The monoisotopic (exact) mass is 381 g/mol. The number of aryl methyl sites for hydroxylation is 1. The van der Waals surface area contributed by atoms with Crippen molar-refractivity contribution in [1.29, 1.82) is 0 Å². The van der Waals surface area contributed by atoms with Gasteiger partial charge in [0.2, 0.25) is 0 Å². The number of fused-ring (bicyclic) bond motifs is 1. The molecule has 2 aromatic rings. The number of carboxylic acid groups (broad SMARTS) is 1. The van der Waals surface area contributed by atoms with E-state index in [1.54, 1.807) is 0 Å². The summed E-state index contributed by atoms with van der Waals surface area (Å²) in [6.07, 6.45) is 4.40. The van der Waals surface area contributed by atoms with E-state index >= 15 is 0 Å². The molecule has 1 saturated carbocycles. The van der Waals surface area contributed by atoms with E-state index in [4.69, 9.17) is 5.11 Å². The highest BCUT2D eigenvalue weighted by atomic mass is 16.4. The number of aliphatic carboxylic acids is 1. The maximum Gasteiger partial charge on any atom is 0.303 e. The maximum absolute atomic E-state index is 12.8. The molecule has 6 heteroatoms. The van der Waals surface area contributed by atoms with Crippen LogP contribution in [-0.2, 0) is 11.2 Å². The van der Waals surface area contributed by atoms with Gasteiger partial charge in [-0.25, -0.2) is 4.68 Å². The summed E-state index contributed by atoms with van der Waals surface area (Å²) >= 11 is 0. The molecular weight excluding hydrogens is 354 g/mol. The minimum Gasteiger partial charge on any atom is -0.481 e. The Balaban J connectivity index is 1.50. The molecule has 1 aromatic heterocycles. The lowest BCUT2D eigenvalue weighted by molar-refractivity contribution is -0.136. The lowest BCUT2D eigenvalue weighted by Crippen LogP contribution is -2.29. The summed E-state index contributed by atoms with van der Waals surface area (Å²) in [6, 6.07) is 7.59. The zero-order valence-electron chi connectivity index (χ0n) is 16.5. The fraction of sp³-hybridized carbons (Fsp3) is 0.500. The van der Waals surface area contributed by atoms with Crippen molar-refractivity contribution in [3.8, 4) is 5.69 Å². The van der Waals surface area contributed by atoms with Crippen LogP contribution in [0.15, 0.2) is 24.3 Å². The van der Waals surface area contributed by atoms with Crippen LogP contribution in [0.2, 0.25) is 0 Å². The summed E-state index contributed by atoms with van der Waals surface area (Å²) in [7, 11) is 0. The van der Waals surface area contributed by atoms with Gasteiger partial charge in [0.15, 0.2) is 0 Å². The first kappa shape index (κ1) is 18.7. The summed E-state index contributed by atoms with van der Waals surface area (Å²) in [5.74, 6) is 0.709. The number of rotatable bonds is 5. The van der Waals surface area contributed by atoms with Crippen LogP contribution < -0.4 is 0 Å². The molecule has 2 atom stereocenters. The first-order valence-corrected chi connectivity index (χ1v) is 10.1. The molecule has 4 rings (SSSR count). The number of amides is 1. The zero-order valence-corrected chi connectivity index (χ0v) is 16.5. The van der Waals surface area contributed by atoms with Gasteiger partial charge in [-0.2, -0.15) is 5.10 Å². The highest BCUT2D eigenvalue weighted by molar-refractivity contribution is 5.94. The zero-order chi connectivity index (χ0) is 19.8. The fourth-order valence-corrected chi connectivity index (χ4v) is 4.85. The predicted molar refractivity (Wildman–Crippen MR) is 106 cm³/mol. The van der Waals surface area contributed by atoms with Gasteiger partial charge in [-0.05, 0) is 74.8 Å². The smallest absolute Gasteiger partial charge is 0.303 e. The van der Waals surface area contributed by atoms with Crippen LogP contribution in [0.25, 0.3) is 5.69 Å². The Labute approximate surface area is 165 Å². The van der Waals surface area contributed by atoms with Gasteiger partial charge >= 0.3 is 5.97 Å². The Hall–Kier alpha value is -2.63. The second-order valence-corrected chi connectivity index (χ2v) is 8.16. The second-order valence-electron chi connectivity index (χ2n) is 8.16. The fourth-order valence-electron chi connectivity index (χ4n) is 4.85. The largest absolute Gasteiger partial charge is 0.481 e. The average molecular weight is 381 g/mol. The highest BCUT2D eigenvalue weighted by Gasteiger charge is 2.38. The molecule has 1 saturated heterocycles. The lowest BCUT2D eigenvalue weighted by atomic mass is 10.0. The minimum atomic E-state index is -0.805. The first-order valence-electron chi connectivity index (χ1n) is 10.1. The Kier molecular flexibility index (Phi) is 4.96. The number of hydrogen-bond donors (Lipinski definition) is 1. The normalized spacial score (nSPS) is 21.1. The van der Waals surface area contributed by atoms with E-state index in [1.807, 2.05) is 47.7 Å². The topological polar surface area (TPSA) is 75.4 Å². The third-order valence-electron chi connectivity index (χ3n) is 6.40. The van der Waals surface area contributed by atoms with E-state index < -0.39 is 5.97 Å². The third kappa shape index (κ3) is 3.43. The second kappa shape index (κ2) is 7.41. The summed E-state index contributed by atoms with van der Waals surface area (Å²) in [5, 5.41) is 13.5. The summed E-state index contributed by atoms with van der Waals surface area (Å²) in [6.45, 7) is 5.66. The molecule has 28 heavy (non-hydrogen) atoms. The van der Waals surface area contributed by atoms with E-state index in [9.17, 15) is 9.59 Å². The number of aromatic nitrogens is 2. The molecular formula is C22H27N3O3. The van der Waals surface area contributed by atoms with E-state index in [-0.39, 0.29) is 12.3 Å². The van der Waals surface area contributed by atoms with E-state index in [0.29, 0.717) is 18.3 Å². The van der Waals surface area contributed by atoms with Crippen LogP contribution in [0.1, 0.15) is 53.0 Å². The molecule has 148 valence electrons. The molecule has 2 fully saturated rings. The number of benzene rings is 1. The molecule has 2 aliphatic rings. The van der Waals surface area contributed by atoms with Gasteiger partial charge in [0.25, 0.3) is 5.91 Å². The predicted octanol–water partition coefficient (Wildman–Crippen LogP) is 3.38. The van der Waals surface area contributed by atoms with Gasteiger partial charge in [0, 0.05) is 30.8 Å². The van der Waals surface area contributed by atoms with Crippen molar-refractivity contribution in [2.75, 3.05) is 13.1 Å². The van der Waals surface area contributed by atoms with Crippen molar-refractivity contribution < 1.29 is 14.7 Å². The Bertz CT molecular complexity index is 888. The number of carbonyl (C=O) groups is 2. The molecule has 2 unspecified atom stereocenters. The van der Waals surface area contributed by atoms with Crippen molar-refractivity contribution in [2.24, 2.45) is 11.8 Å². The highest BCUT2D eigenvalue weighted by Crippen LogP contribution is 2.38. The molecule has 0 radical (unpaired) electrons. The Morgan fingerprint density at radius 2 is 1.75 bits per heavy atom. The third-order valence-corrected chi connectivity index (χ3v) is 6.40. The van der Waals surface area contributed by atoms with Gasteiger partial charge in [0.1, 0.15) is 0 Å².